The number of ketones is 1. The number of amides is 1. The first-order valence-corrected chi connectivity index (χ1v) is 7.92. The summed E-state index contributed by atoms with van der Waals surface area (Å²) in [5, 5.41) is 2.79. The van der Waals surface area contributed by atoms with Crippen molar-refractivity contribution in [2.75, 3.05) is 0 Å². The molecule has 0 bridgehead atoms. The minimum atomic E-state index is -2.56. The molecule has 0 saturated heterocycles. The third kappa shape index (κ3) is 5.17. The molecule has 1 unspecified atom stereocenters. The summed E-state index contributed by atoms with van der Waals surface area (Å²) in [7, 11) is 0. The number of hydrogen-bond acceptors (Lipinski definition) is 3. The predicted molar refractivity (Wildman–Crippen MR) is 90.6 cm³/mol. The van der Waals surface area contributed by atoms with Crippen molar-refractivity contribution in [2.24, 2.45) is 0 Å². The van der Waals surface area contributed by atoms with E-state index in [1.54, 1.807) is 38.1 Å². The average molecular weight is 346 g/mol. The smallest absolute Gasteiger partial charge is 0.263 e. The molecule has 2 rings (SSSR count). The van der Waals surface area contributed by atoms with Crippen LogP contribution in [0.3, 0.4) is 0 Å². The molecule has 0 saturated carbocycles. The number of Topliss-reactive ketones (excluding diaryl/α,β-unsaturated/α-hetero) is 1. The molecule has 0 radical (unpaired) electrons. The molecule has 1 aromatic carbocycles. The van der Waals surface area contributed by atoms with E-state index in [2.05, 4.69) is 10.3 Å². The number of nitrogens with zero attached hydrogens (tertiary/aromatic N) is 1. The van der Waals surface area contributed by atoms with Crippen LogP contribution in [0.15, 0.2) is 36.4 Å². The summed E-state index contributed by atoms with van der Waals surface area (Å²) >= 11 is 0. The lowest BCUT2D eigenvalue weighted by Crippen LogP contribution is -2.27. The van der Waals surface area contributed by atoms with E-state index in [0.717, 1.165) is 0 Å². The monoisotopic (exact) mass is 346 g/mol. The van der Waals surface area contributed by atoms with E-state index in [1.165, 1.54) is 19.1 Å². The van der Waals surface area contributed by atoms with E-state index in [4.69, 9.17) is 0 Å². The van der Waals surface area contributed by atoms with Gasteiger partial charge in [0.15, 0.2) is 0 Å². The van der Waals surface area contributed by atoms with Gasteiger partial charge in [-0.2, -0.15) is 0 Å². The van der Waals surface area contributed by atoms with Crippen LogP contribution < -0.4 is 5.32 Å². The van der Waals surface area contributed by atoms with Gasteiger partial charge in [-0.15, -0.1) is 0 Å². The highest BCUT2D eigenvalue weighted by atomic mass is 19.3. The molecule has 1 aromatic heterocycles. The van der Waals surface area contributed by atoms with E-state index in [0.29, 0.717) is 22.5 Å². The standard InChI is InChI=1S/C19H20F2N2O2/c1-11-7-16(10-17(22-11)8-12(2)24)19(25)23-13(3)14-5-4-6-15(9-14)18(20)21/h4-7,9-10,13,18H,8H2,1-3H3,(H,23,25). The number of pyridine rings is 1. The quantitative estimate of drug-likeness (QED) is 0.861. The van der Waals surface area contributed by atoms with Crippen molar-refractivity contribution in [1.29, 1.82) is 0 Å². The van der Waals surface area contributed by atoms with Gasteiger partial charge in [-0.25, -0.2) is 8.78 Å². The van der Waals surface area contributed by atoms with Crippen LogP contribution >= 0.6 is 0 Å². The summed E-state index contributed by atoms with van der Waals surface area (Å²) in [6.07, 6.45) is -2.40. The van der Waals surface area contributed by atoms with Crippen molar-refractivity contribution in [2.45, 2.75) is 39.7 Å². The zero-order chi connectivity index (χ0) is 18.6. The Balaban J connectivity index is 2.17. The van der Waals surface area contributed by atoms with Gasteiger partial charge in [-0.3, -0.25) is 14.6 Å². The molecule has 1 heterocycles. The Bertz CT molecular complexity index is 791. The molecule has 1 atom stereocenters. The molecular weight excluding hydrogens is 326 g/mol. The largest absolute Gasteiger partial charge is 0.346 e. The zero-order valence-corrected chi connectivity index (χ0v) is 14.3. The van der Waals surface area contributed by atoms with E-state index in [1.807, 2.05) is 0 Å². The highest BCUT2D eigenvalue weighted by Gasteiger charge is 2.15. The topological polar surface area (TPSA) is 59.1 Å². The van der Waals surface area contributed by atoms with Gasteiger partial charge in [-0.1, -0.05) is 18.2 Å². The number of benzene rings is 1. The fourth-order valence-corrected chi connectivity index (χ4v) is 2.54. The molecule has 132 valence electrons. The van der Waals surface area contributed by atoms with E-state index in [9.17, 15) is 18.4 Å². The number of rotatable bonds is 6. The van der Waals surface area contributed by atoms with Crippen LogP contribution in [-0.2, 0) is 11.2 Å². The van der Waals surface area contributed by atoms with Gasteiger partial charge >= 0.3 is 0 Å². The van der Waals surface area contributed by atoms with Gasteiger partial charge in [0, 0.05) is 28.9 Å². The van der Waals surface area contributed by atoms with Gasteiger partial charge in [0.1, 0.15) is 5.78 Å². The van der Waals surface area contributed by atoms with E-state index < -0.39 is 12.5 Å². The number of aryl methyl sites for hydroxylation is 1. The molecule has 4 nitrogen and oxygen atoms in total. The summed E-state index contributed by atoms with van der Waals surface area (Å²) in [6, 6.07) is 8.73. The molecule has 0 spiro atoms. The SMILES string of the molecule is CC(=O)Cc1cc(C(=O)NC(C)c2cccc(C(F)F)c2)cc(C)n1. The van der Waals surface area contributed by atoms with Crippen molar-refractivity contribution in [1.82, 2.24) is 10.3 Å². The molecule has 0 aliphatic heterocycles. The van der Waals surface area contributed by atoms with Crippen LogP contribution in [0.5, 0.6) is 0 Å². The maximum absolute atomic E-state index is 12.8. The maximum Gasteiger partial charge on any atom is 0.263 e. The van der Waals surface area contributed by atoms with Gasteiger partial charge in [-0.05, 0) is 44.5 Å². The minimum absolute atomic E-state index is 0.0401. The fraction of sp³-hybridized carbons (Fsp3) is 0.316. The van der Waals surface area contributed by atoms with Crippen LogP contribution in [0.2, 0.25) is 0 Å². The summed E-state index contributed by atoms with van der Waals surface area (Å²) < 4.78 is 25.6. The third-order valence-electron chi connectivity index (χ3n) is 3.71. The van der Waals surface area contributed by atoms with Crippen LogP contribution in [0.4, 0.5) is 8.78 Å². The Kier molecular flexibility index (Phi) is 5.96. The van der Waals surface area contributed by atoms with Gasteiger partial charge < -0.3 is 5.32 Å². The maximum atomic E-state index is 12.8. The zero-order valence-electron chi connectivity index (χ0n) is 14.3. The minimum Gasteiger partial charge on any atom is -0.346 e. The molecule has 0 aliphatic carbocycles. The first-order valence-electron chi connectivity index (χ1n) is 7.92. The molecular formula is C19H20F2N2O2. The Morgan fingerprint density at radius 1 is 1.16 bits per heavy atom. The van der Waals surface area contributed by atoms with Crippen LogP contribution in [0.25, 0.3) is 0 Å². The van der Waals surface area contributed by atoms with E-state index >= 15 is 0 Å². The number of carbonyl (C=O) groups is 2. The molecule has 6 heteroatoms. The first kappa shape index (κ1) is 18.7. The van der Waals surface area contributed by atoms with Crippen LogP contribution in [0.1, 0.15) is 59.2 Å². The second kappa shape index (κ2) is 7.96. The van der Waals surface area contributed by atoms with E-state index in [-0.39, 0.29) is 23.7 Å². The number of alkyl halides is 2. The van der Waals surface area contributed by atoms with Gasteiger partial charge in [0.05, 0.1) is 6.04 Å². The van der Waals surface area contributed by atoms with Crippen molar-refractivity contribution in [3.8, 4) is 0 Å². The second-order valence-electron chi connectivity index (χ2n) is 6.03. The Morgan fingerprint density at radius 2 is 1.84 bits per heavy atom. The first-order chi connectivity index (χ1) is 11.8. The molecule has 0 aliphatic rings. The number of hydrogen-bond donors (Lipinski definition) is 1. The number of aromatic nitrogens is 1. The second-order valence-corrected chi connectivity index (χ2v) is 6.03. The van der Waals surface area contributed by atoms with Crippen molar-refractivity contribution >= 4 is 11.7 Å². The number of halogens is 2. The van der Waals surface area contributed by atoms with Crippen molar-refractivity contribution in [3.63, 3.8) is 0 Å². The Morgan fingerprint density at radius 3 is 2.48 bits per heavy atom. The number of carbonyl (C=O) groups excluding carboxylic acids is 2. The molecule has 1 N–H and O–H groups in total. The predicted octanol–water partition coefficient (Wildman–Crippen LogP) is 3.95. The van der Waals surface area contributed by atoms with Crippen molar-refractivity contribution < 1.29 is 18.4 Å². The van der Waals surface area contributed by atoms with Crippen molar-refractivity contribution in [3.05, 3.63) is 64.5 Å². The fourth-order valence-electron chi connectivity index (χ4n) is 2.54. The Labute approximate surface area is 145 Å². The molecule has 0 fully saturated rings. The summed E-state index contributed by atoms with van der Waals surface area (Å²) in [6.45, 7) is 4.94. The summed E-state index contributed by atoms with van der Waals surface area (Å²) in [5.74, 6) is -0.383. The third-order valence-corrected chi connectivity index (χ3v) is 3.71. The highest BCUT2D eigenvalue weighted by molar-refractivity contribution is 5.94. The summed E-state index contributed by atoms with van der Waals surface area (Å²) in [5.41, 5.74) is 2.07. The van der Waals surface area contributed by atoms with Crippen LogP contribution in [0, 0.1) is 6.92 Å². The lowest BCUT2D eigenvalue weighted by molar-refractivity contribution is -0.116. The average Bonchev–Trinajstić information content (AvgIpc) is 2.53. The highest BCUT2D eigenvalue weighted by Crippen LogP contribution is 2.22. The summed E-state index contributed by atoms with van der Waals surface area (Å²) in [4.78, 5) is 28.0. The number of nitrogens with one attached hydrogen (secondary N) is 1. The van der Waals surface area contributed by atoms with Gasteiger partial charge in [0.2, 0.25) is 0 Å². The van der Waals surface area contributed by atoms with Gasteiger partial charge in [0.25, 0.3) is 12.3 Å². The lowest BCUT2D eigenvalue weighted by atomic mass is 10.0. The van der Waals surface area contributed by atoms with Crippen LogP contribution in [-0.4, -0.2) is 16.7 Å². The normalized spacial score (nSPS) is 12.1. The lowest BCUT2D eigenvalue weighted by Gasteiger charge is -2.16. The molecule has 2 aromatic rings. The Hall–Kier alpha value is -2.63. The molecule has 25 heavy (non-hydrogen) atoms. The molecule has 1 amide bonds.